The minimum atomic E-state index is -0.276. The van der Waals surface area contributed by atoms with E-state index in [-0.39, 0.29) is 5.97 Å². The van der Waals surface area contributed by atoms with Crippen LogP contribution in [0, 0.1) is 0 Å². The highest BCUT2D eigenvalue weighted by atomic mass is 16.5. The van der Waals surface area contributed by atoms with Crippen LogP contribution in [0.25, 0.3) is 16.7 Å². The molecule has 0 fully saturated rings. The zero-order valence-corrected chi connectivity index (χ0v) is 17.8. The molecule has 5 heteroatoms. The third kappa shape index (κ3) is 3.73. The summed E-state index contributed by atoms with van der Waals surface area (Å²) in [6.45, 7) is 4.00. The third-order valence-electron chi connectivity index (χ3n) is 6.17. The van der Waals surface area contributed by atoms with E-state index in [0.717, 1.165) is 36.2 Å². The first kappa shape index (κ1) is 19.5. The van der Waals surface area contributed by atoms with Crippen molar-refractivity contribution in [2.75, 3.05) is 7.11 Å². The van der Waals surface area contributed by atoms with E-state index in [1.54, 1.807) is 0 Å². The van der Waals surface area contributed by atoms with Gasteiger partial charge in [0.2, 0.25) is 0 Å². The number of rotatable bonds is 4. The Balaban J connectivity index is 1.38. The van der Waals surface area contributed by atoms with Gasteiger partial charge in [0, 0.05) is 24.8 Å². The minimum absolute atomic E-state index is 0.276. The number of carbonyl (C=O) groups is 1. The molecule has 3 aromatic carbocycles. The first-order valence-electron chi connectivity index (χ1n) is 10.6. The number of esters is 1. The summed E-state index contributed by atoms with van der Waals surface area (Å²) in [7, 11) is 1.42. The lowest BCUT2D eigenvalue weighted by Crippen LogP contribution is -2.37. The number of hydrogen-bond donors (Lipinski definition) is 0. The highest BCUT2D eigenvalue weighted by Crippen LogP contribution is 2.27. The van der Waals surface area contributed by atoms with Gasteiger partial charge >= 0.3 is 5.97 Å². The highest BCUT2D eigenvalue weighted by molar-refractivity contribution is 5.89. The lowest BCUT2D eigenvalue weighted by atomic mass is 9.92. The molecule has 31 heavy (non-hydrogen) atoms. The Kier molecular flexibility index (Phi) is 5.04. The van der Waals surface area contributed by atoms with Crippen LogP contribution in [0.3, 0.4) is 0 Å². The van der Waals surface area contributed by atoms with Crippen molar-refractivity contribution >= 4 is 17.0 Å². The van der Waals surface area contributed by atoms with Gasteiger partial charge in [0.05, 0.1) is 23.7 Å². The SMILES string of the molecule is COC(=O)c1ccc2c(c1)CC(C)N(Cc1cccc(-n3cnc4ccccc43)c1)C2. The molecule has 4 aromatic rings. The topological polar surface area (TPSA) is 47.4 Å². The van der Waals surface area contributed by atoms with Gasteiger partial charge in [-0.05, 0) is 66.4 Å². The predicted octanol–water partition coefficient (Wildman–Crippen LogP) is 4.76. The molecule has 156 valence electrons. The Hall–Kier alpha value is -3.44. The predicted molar refractivity (Wildman–Crippen MR) is 121 cm³/mol. The van der Waals surface area contributed by atoms with Crippen molar-refractivity contribution in [3.63, 3.8) is 0 Å². The number of methoxy groups -OCH3 is 1. The van der Waals surface area contributed by atoms with E-state index in [1.807, 2.05) is 36.7 Å². The molecule has 0 saturated heterocycles. The largest absolute Gasteiger partial charge is 0.465 e. The number of hydrogen-bond acceptors (Lipinski definition) is 4. The molecule has 0 spiro atoms. The Morgan fingerprint density at radius 1 is 1.06 bits per heavy atom. The van der Waals surface area contributed by atoms with Gasteiger partial charge in [-0.3, -0.25) is 9.47 Å². The fraction of sp³-hybridized carbons (Fsp3) is 0.231. The van der Waals surface area contributed by atoms with Crippen LogP contribution in [0.1, 0.15) is 34.0 Å². The van der Waals surface area contributed by atoms with Gasteiger partial charge in [-0.2, -0.15) is 0 Å². The second kappa shape index (κ2) is 8.00. The Bertz CT molecular complexity index is 1260. The van der Waals surface area contributed by atoms with Crippen molar-refractivity contribution < 1.29 is 9.53 Å². The molecular weight excluding hydrogens is 386 g/mol. The number of fused-ring (bicyclic) bond motifs is 2. The molecule has 0 radical (unpaired) electrons. The monoisotopic (exact) mass is 411 g/mol. The summed E-state index contributed by atoms with van der Waals surface area (Å²) in [6.07, 6.45) is 2.81. The Morgan fingerprint density at radius 2 is 1.94 bits per heavy atom. The smallest absolute Gasteiger partial charge is 0.337 e. The van der Waals surface area contributed by atoms with E-state index in [0.29, 0.717) is 11.6 Å². The van der Waals surface area contributed by atoms with Gasteiger partial charge in [0.1, 0.15) is 6.33 Å². The van der Waals surface area contributed by atoms with Gasteiger partial charge in [-0.25, -0.2) is 9.78 Å². The maximum Gasteiger partial charge on any atom is 0.337 e. The van der Waals surface area contributed by atoms with Crippen molar-refractivity contribution in [1.29, 1.82) is 0 Å². The number of imidazole rings is 1. The number of carbonyl (C=O) groups excluding carboxylic acids is 1. The second-order valence-electron chi connectivity index (χ2n) is 8.21. The Labute approximate surface area is 181 Å². The second-order valence-corrected chi connectivity index (χ2v) is 8.21. The van der Waals surface area contributed by atoms with E-state index in [1.165, 1.54) is 23.8 Å². The standard InChI is InChI=1S/C26H25N3O2/c1-18-12-22-14-20(26(30)31-2)10-11-21(22)16-28(18)15-19-6-5-7-23(13-19)29-17-27-24-8-3-4-9-25(24)29/h3-11,13-14,17-18H,12,15-16H2,1-2H3. The van der Waals surface area contributed by atoms with Gasteiger partial charge in [-0.1, -0.05) is 30.3 Å². The van der Waals surface area contributed by atoms with Crippen molar-refractivity contribution in [1.82, 2.24) is 14.5 Å². The molecule has 0 N–H and O–H groups in total. The first-order chi connectivity index (χ1) is 15.1. The lowest BCUT2D eigenvalue weighted by Gasteiger charge is -2.35. The van der Waals surface area contributed by atoms with Crippen LogP contribution in [-0.4, -0.2) is 33.6 Å². The number of benzene rings is 3. The van der Waals surface area contributed by atoms with Crippen LogP contribution >= 0.6 is 0 Å². The average Bonchev–Trinajstić information content (AvgIpc) is 3.23. The molecule has 1 aliphatic rings. The highest BCUT2D eigenvalue weighted by Gasteiger charge is 2.24. The van der Waals surface area contributed by atoms with Crippen LogP contribution in [0.5, 0.6) is 0 Å². The van der Waals surface area contributed by atoms with Crippen molar-refractivity contribution in [3.05, 3.63) is 95.3 Å². The van der Waals surface area contributed by atoms with Gasteiger partial charge in [-0.15, -0.1) is 0 Å². The zero-order valence-electron chi connectivity index (χ0n) is 17.8. The minimum Gasteiger partial charge on any atom is -0.465 e. The fourth-order valence-electron chi connectivity index (χ4n) is 4.45. The molecule has 1 atom stereocenters. The lowest BCUT2D eigenvalue weighted by molar-refractivity contribution is 0.0600. The molecule has 1 aromatic heterocycles. The summed E-state index contributed by atoms with van der Waals surface area (Å²) in [4.78, 5) is 18.9. The van der Waals surface area contributed by atoms with E-state index in [4.69, 9.17) is 4.74 Å². The van der Waals surface area contributed by atoms with Crippen LogP contribution in [0.2, 0.25) is 0 Å². The molecule has 5 nitrogen and oxygen atoms in total. The fourth-order valence-corrected chi connectivity index (χ4v) is 4.45. The quantitative estimate of drug-likeness (QED) is 0.454. The van der Waals surface area contributed by atoms with Crippen molar-refractivity contribution in [2.24, 2.45) is 0 Å². The van der Waals surface area contributed by atoms with Crippen LogP contribution < -0.4 is 0 Å². The molecule has 0 bridgehead atoms. The number of aromatic nitrogens is 2. The number of nitrogens with zero attached hydrogens (tertiary/aromatic N) is 3. The van der Waals surface area contributed by atoms with Crippen molar-refractivity contribution in [3.8, 4) is 5.69 Å². The normalized spacial score (nSPS) is 16.3. The third-order valence-corrected chi connectivity index (χ3v) is 6.17. The number of ether oxygens (including phenoxy) is 1. The van der Waals surface area contributed by atoms with E-state index < -0.39 is 0 Å². The Morgan fingerprint density at radius 3 is 2.81 bits per heavy atom. The van der Waals surface area contributed by atoms with Crippen LogP contribution in [0.15, 0.2) is 73.1 Å². The van der Waals surface area contributed by atoms with E-state index in [2.05, 4.69) is 57.8 Å². The van der Waals surface area contributed by atoms with Gasteiger partial charge in [0.15, 0.2) is 0 Å². The summed E-state index contributed by atoms with van der Waals surface area (Å²) in [5.41, 5.74) is 7.66. The molecule has 0 saturated carbocycles. The maximum atomic E-state index is 11.9. The molecular formula is C26H25N3O2. The average molecular weight is 412 g/mol. The van der Waals surface area contributed by atoms with E-state index in [9.17, 15) is 4.79 Å². The molecule has 5 rings (SSSR count). The molecule has 0 aliphatic carbocycles. The summed E-state index contributed by atoms with van der Waals surface area (Å²) in [5, 5.41) is 0. The van der Waals surface area contributed by atoms with Crippen LogP contribution in [-0.2, 0) is 24.2 Å². The first-order valence-corrected chi connectivity index (χ1v) is 10.6. The molecule has 1 unspecified atom stereocenters. The molecule has 2 heterocycles. The summed E-state index contributed by atoms with van der Waals surface area (Å²) in [6, 6.07) is 23.2. The summed E-state index contributed by atoms with van der Waals surface area (Å²) < 4.78 is 7.01. The van der Waals surface area contributed by atoms with E-state index >= 15 is 0 Å². The summed E-state index contributed by atoms with van der Waals surface area (Å²) >= 11 is 0. The van der Waals surface area contributed by atoms with Gasteiger partial charge < -0.3 is 4.74 Å². The van der Waals surface area contributed by atoms with Gasteiger partial charge in [0.25, 0.3) is 0 Å². The molecule has 0 amide bonds. The maximum absolute atomic E-state index is 11.9. The zero-order chi connectivity index (χ0) is 21.4. The number of para-hydroxylation sites is 2. The van der Waals surface area contributed by atoms with Crippen molar-refractivity contribution in [2.45, 2.75) is 32.5 Å². The van der Waals surface area contributed by atoms with Crippen LogP contribution in [0.4, 0.5) is 0 Å². The summed E-state index contributed by atoms with van der Waals surface area (Å²) in [5.74, 6) is -0.276. The molecule has 1 aliphatic heterocycles.